The molecule has 0 amide bonds. The maximum Gasteiger partial charge on any atom is 0.250 e. The normalized spacial score (nSPS) is 12.8. The molecule has 0 aliphatic heterocycles. The Morgan fingerprint density at radius 1 is 1.57 bits per heavy atom. The molecular formula is C10H14BrNOS. The molecule has 0 aliphatic rings. The largest absolute Gasteiger partial charge is 0.314 e. The highest BCUT2D eigenvalue weighted by atomic mass is 79.9. The number of nitrogens with zero attached hydrogens (tertiary/aromatic N) is 1. The summed E-state index contributed by atoms with van der Waals surface area (Å²) in [6, 6.07) is 3.34. The SMILES string of the molecule is CCC(CS)Cn1cc(Br)ccc1=O. The van der Waals surface area contributed by atoms with E-state index < -0.39 is 0 Å². The molecule has 0 N–H and O–H groups in total. The Kier molecular flexibility index (Phi) is 4.75. The van der Waals surface area contributed by atoms with Gasteiger partial charge in [0.1, 0.15) is 0 Å². The zero-order valence-corrected chi connectivity index (χ0v) is 10.6. The van der Waals surface area contributed by atoms with Crippen LogP contribution in [0.25, 0.3) is 0 Å². The fourth-order valence-corrected chi connectivity index (χ4v) is 1.99. The van der Waals surface area contributed by atoms with E-state index in [1.165, 1.54) is 0 Å². The van der Waals surface area contributed by atoms with Gasteiger partial charge in [-0.2, -0.15) is 12.6 Å². The number of aromatic nitrogens is 1. The first-order chi connectivity index (χ1) is 6.67. The van der Waals surface area contributed by atoms with Crippen LogP contribution in [0.4, 0.5) is 0 Å². The molecule has 2 nitrogen and oxygen atoms in total. The quantitative estimate of drug-likeness (QED) is 0.839. The molecule has 1 aromatic rings. The summed E-state index contributed by atoms with van der Waals surface area (Å²) < 4.78 is 2.67. The van der Waals surface area contributed by atoms with Crippen molar-refractivity contribution >= 4 is 28.6 Å². The van der Waals surface area contributed by atoms with Gasteiger partial charge in [-0.3, -0.25) is 4.79 Å². The van der Waals surface area contributed by atoms with Crippen molar-refractivity contribution in [2.24, 2.45) is 5.92 Å². The van der Waals surface area contributed by atoms with Crippen molar-refractivity contribution in [2.75, 3.05) is 5.75 Å². The highest BCUT2D eigenvalue weighted by Gasteiger charge is 2.06. The minimum Gasteiger partial charge on any atom is -0.314 e. The van der Waals surface area contributed by atoms with E-state index in [1.807, 2.05) is 6.20 Å². The van der Waals surface area contributed by atoms with E-state index >= 15 is 0 Å². The fraction of sp³-hybridized carbons (Fsp3) is 0.500. The van der Waals surface area contributed by atoms with Gasteiger partial charge in [-0.1, -0.05) is 13.3 Å². The third kappa shape index (κ3) is 3.17. The van der Waals surface area contributed by atoms with Crippen LogP contribution in [0.15, 0.2) is 27.6 Å². The third-order valence-corrected chi connectivity index (χ3v) is 3.22. The van der Waals surface area contributed by atoms with Gasteiger partial charge in [0.15, 0.2) is 0 Å². The Balaban J connectivity index is 2.85. The van der Waals surface area contributed by atoms with Crippen molar-refractivity contribution in [2.45, 2.75) is 19.9 Å². The van der Waals surface area contributed by atoms with Crippen LogP contribution >= 0.6 is 28.6 Å². The Bertz CT molecular complexity index is 346. The summed E-state index contributed by atoms with van der Waals surface area (Å²) in [7, 11) is 0. The summed E-state index contributed by atoms with van der Waals surface area (Å²) >= 11 is 7.61. The topological polar surface area (TPSA) is 22.0 Å². The molecule has 0 aliphatic carbocycles. The molecule has 0 radical (unpaired) electrons. The molecule has 1 unspecified atom stereocenters. The maximum atomic E-state index is 11.5. The smallest absolute Gasteiger partial charge is 0.250 e. The summed E-state index contributed by atoms with van der Waals surface area (Å²) in [4.78, 5) is 11.5. The molecule has 0 saturated carbocycles. The van der Waals surface area contributed by atoms with Crippen molar-refractivity contribution in [3.63, 3.8) is 0 Å². The van der Waals surface area contributed by atoms with Crippen LogP contribution in [0.1, 0.15) is 13.3 Å². The van der Waals surface area contributed by atoms with Crippen molar-refractivity contribution in [1.29, 1.82) is 0 Å². The van der Waals surface area contributed by atoms with Gasteiger partial charge in [-0.25, -0.2) is 0 Å². The summed E-state index contributed by atoms with van der Waals surface area (Å²) in [5.41, 5.74) is 0.0495. The predicted molar refractivity (Wildman–Crippen MR) is 66.0 cm³/mol. The fourth-order valence-electron chi connectivity index (χ4n) is 1.24. The van der Waals surface area contributed by atoms with E-state index in [2.05, 4.69) is 35.5 Å². The molecule has 1 aromatic heterocycles. The number of thiol groups is 1. The molecular weight excluding hydrogens is 262 g/mol. The minimum absolute atomic E-state index is 0.0495. The molecule has 0 spiro atoms. The lowest BCUT2D eigenvalue weighted by Crippen LogP contribution is -2.23. The standard InChI is InChI=1S/C10H14BrNOS/c1-2-8(7-14)5-12-6-9(11)3-4-10(12)13/h3-4,6,8,14H,2,5,7H2,1H3. The molecule has 4 heteroatoms. The van der Waals surface area contributed by atoms with E-state index in [1.54, 1.807) is 16.7 Å². The zero-order chi connectivity index (χ0) is 10.6. The summed E-state index contributed by atoms with van der Waals surface area (Å²) in [5.74, 6) is 1.28. The van der Waals surface area contributed by atoms with Crippen molar-refractivity contribution < 1.29 is 0 Å². The van der Waals surface area contributed by atoms with Gasteiger partial charge in [-0.05, 0) is 33.7 Å². The lowest BCUT2D eigenvalue weighted by Gasteiger charge is -2.13. The molecule has 1 rings (SSSR count). The van der Waals surface area contributed by atoms with Gasteiger partial charge >= 0.3 is 0 Å². The Morgan fingerprint density at radius 2 is 2.29 bits per heavy atom. The van der Waals surface area contributed by atoms with Crippen molar-refractivity contribution in [3.8, 4) is 0 Å². The molecule has 0 saturated heterocycles. The Morgan fingerprint density at radius 3 is 2.86 bits per heavy atom. The maximum absolute atomic E-state index is 11.5. The molecule has 0 fully saturated rings. The van der Waals surface area contributed by atoms with Gasteiger partial charge in [0.2, 0.25) is 0 Å². The van der Waals surface area contributed by atoms with Crippen LogP contribution < -0.4 is 5.56 Å². The van der Waals surface area contributed by atoms with Crippen LogP contribution in [0, 0.1) is 5.92 Å². The molecule has 1 heterocycles. The number of hydrogen-bond donors (Lipinski definition) is 1. The average Bonchev–Trinajstić information content (AvgIpc) is 2.19. The second kappa shape index (κ2) is 5.61. The molecule has 14 heavy (non-hydrogen) atoms. The highest BCUT2D eigenvalue weighted by molar-refractivity contribution is 9.10. The zero-order valence-electron chi connectivity index (χ0n) is 8.11. The summed E-state index contributed by atoms with van der Waals surface area (Å²) in [6.07, 6.45) is 2.87. The van der Waals surface area contributed by atoms with E-state index in [0.29, 0.717) is 5.92 Å². The average molecular weight is 276 g/mol. The van der Waals surface area contributed by atoms with Crippen molar-refractivity contribution in [1.82, 2.24) is 4.57 Å². The van der Waals surface area contributed by atoms with Gasteiger partial charge in [0.25, 0.3) is 5.56 Å². The molecule has 1 atom stereocenters. The summed E-state index contributed by atoms with van der Waals surface area (Å²) in [5, 5.41) is 0. The molecule has 0 aromatic carbocycles. The van der Waals surface area contributed by atoms with E-state index in [9.17, 15) is 4.79 Å². The number of halogens is 1. The monoisotopic (exact) mass is 275 g/mol. The number of hydrogen-bond acceptors (Lipinski definition) is 2. The first kappa shape index (κ1) is 11.9. The Hall–Kier alpha value is -0.220. The van der Waals surface area contributed by atoms with Crippen molar-refractivity contribution in [3.05, 3.63) is 33.2 Å². The second-order valence-corrected chi connectivity index (χ2v) is 4.58. The van der Waals surface area contributed by atoms with Crippen LogP contribution in [0.2, 0.25) is 0 Å². The van der Waals surface area contributed by atoms with Gasteiger partial charge in [0, 0.05) is 23.3 Å². The van der Waals surface area contributed by atoms with E-state index in [-0.39, 0.29) is 5.56 Å². The van der Waals surface area contributed by atoms with Crippen LogP contribution in [-0.4, -0.2) is 10.3 Å². The number of pyridine rings is 1. The van der Waals surface area contributed by atoms with Crippen LogP contribution in [0.3, 0.4) is 0 Å². The second-order valence-electron chi connectivity index (χ2n) is 3.29. The Labute approximate surface area is 97.9 Å². The minimum atomic E-state index is 0.0495. The van der Waals surface area contributed by atoms with Gasteiger partial charge < -0.3 is 4.57 Å². The van der Waals surface area contributed by atoms with Gasteiger partial charge in [0.05, 0.1) is 0 Å². The van der Waals surface area contributed by atoms with E-state index in [0.717, 1.165) is 23.2 Å². The lowest BCUT2D eigenvalue weighted by molar-refractivity contribution is 0.467. The first-order valence-corrected chi connectivity index (χ1v) is 6.06. The predicted octanol–water partition coefficient (Wildman–Crippen LogP) is 2.57. The first-order valence-electron chi connectivity index (χ1n) is 4.64. The lowest BCUT2D eigenvalue weighted by atomic mass is 10.1. The number of rotatable bonds is 4. The van der Waals surface area contributed by atoms with Crippen LogP contribution in [0.5, 0.6) is 0 Å². The van der Waals surface area contributed by atoms with Crippen LogP contribution in [-0.2, 0) is 6.54 Å². The summed E-state index contributed by atoms with van der Waals surface area (Å²) in [6.45, 7) is 2.86. The molecule has 78 valence electrons. The van der Waals surface area contributed by atoms with Gasteiger partial charge in [-0.15, -0.1) is 0 Å². The van der Waals surface area contributed by atoms with E-state index in [4.69, 9.17) is 0 Å². The molecule has 0 bridgehead atoms. The highest BCUT2D eigenvalue weighted by Crippen LogP contribution is 2.10. The third-order valence-electron chi connectivity index (χ3n) is 2.24.